The molecule has 0 saturated carbocycles. The van der Waals surface area contributed by atoms with Gasteiger partial charge in [-0.3, -0.25) is 4.79 Å². The summed E-state index contributed by atoms with van der Waals surface area (Å²) in [7, 11) is 4.01. The Hall–Kier alpha value is -1.84. The normalized spacial score (nSPS) is 10.0. The monoisotopic (exact) mass is 305 g/mol. The van der Waals surface area contributed by atoms with Crippen molar-refractivity contribution in [3.05, 3.63) is 65.7 Å². The van der Waals surface area contributed by atoms with Crippen LogP contribution in [-0.4, -0.2) is 37.9 Å². The van der Waals surface area contributed by atoms with Gasteiger partial charge in [0.15, 0.2) is 5.78 Å². The second-order valence-corrected chi connectivity index (χ2v) is 4.87. The van der Waals surface area contributed by atoms with E-state index in [-0.39, 0.29) is 18.2 Å². The van der Waals surface area contributed by atoms with Crippen molar-refractivity contribution >= 4 is 18.2 Å². The number of hydrogen-bond donors (Lipinski definition) is 0. The fourth-order valence-electron chi connectivity index (χ4n) is 1.80. The number of carbonyl (C=O) groups excluding carboxylic acids is 1. The van der Waals surface area contributed by atoms with Crippen molar-refractivity contribution in [2.75, 3.05) is 27.2 Å². The lowest BCUT2D eigenvalue weighted by atomic mass is 10.0. The van der Waals surface area contributed by atoms with Gasteiger partial charge in [0.2, 0.25) is 0 Å². The third-order valence-electron chi connectivity index (χ3n) is 2.96. The van der Waals surface area contributed by atoms with Crippen LogP contribution in [0.15, 0.2) is 54.6 Å². The van der Waals surface area contributed by atoms with Crippen molar-refractivity contribution in [3.8, 4) is 5.75 Å². The van der Waals surface area contributed by atoms with Gasteiger partial charge in [-0.25, -0.2) is 0 Å². The first-order valence-corrected chi connectivity index (χ1v) is 6.64. The number of likely N-dealkylation sites (N-methyl/N-ethyl adjacent to an activating group) is 1. The minimum Gasteiger partial charge on any atom is -0.492 e. The lowest BCUT2D eigenvalue weighted by molar-refractivity contribution is 0.103. The van der Waals surface area contributed by atoms with E-state index >= 15 is 0 Å². The fourth-order valence-corrected chi connectivity index (χ4v) is 1.80. The average molecular weight is 306 g/mol. The van der Waals surface area contributed by atoms with E-state index in [0.29, 0.717) is 17.7 Å². The largest absolute Gasteiger partial charge is 0.492 e. The Kier molecular flexibility index (Phi) is 6.92. The Labute approximate surface area is 132 Å². The highest BCUT2D eigenvalue weighted by molar-refractivity contribution is 6.08. The molecule has 0 heterocycles. The van der Waals surface area contributed by atoms with Gasteiger partial charge in [0.25, 0.3) is 0 Å². The number of ketones is 1. The van der Waals surface area contributed by atoms with Gasteiger partial charge in [-0.2, -0.15) is 0 Å². The highest BCUT2D eigenvalue weighted by Gasteiger charge is 2.08. The number of carbonyl (C=O) groups is 1. The van der Waals surface area contributed by atoms with E-state index in [1.54, 1.807) is 12.1 Å². The zero-order valence-electron chi connectivity index (χ0n) is 12.3. The summed E-state index contributed by atoms with van der Waals surface area (Å²) in [5, 5.41) is 0. The van der Waals surface area contributed by atoms with Crippen molar-refractivity contribution in [2.24, 2.45) is 0 Å². The molecular weight excluding hydrogens is 286 g/mol. The summed E-state index contributed by atoms with van der Waals surface area (Å²) in [6, 6.07) is 16.6. The van der Waals surface area contributed by atoms with E-state index in [1.807, 2.05) is 56.6 Å². The predicted octanol–water partition coefficient (Wildman–Crippen LogP) is 3.28. The molecule has 0 aliphatic rings. The maximum Gasteiger partial charge on any atom is 0.193 e. The zero-order chi connectivity index (χ0) is 14.4. The number of halogens is 1. The van der Waals surface area contributed by atoms with Gasteiger partial charge in [-0.15, -0.1) is 12.4 Å². The summed E-state index contributed by atoms with van der Waals surface area (Å²) in [4.78, 5) is 14.3. The third kappa shape index (κ3) is 5.21. The summed E-state index contributed by atoms with van der Waals surface area (Å²) >= 11 is 0. The second kappa shape index (κ2) is 8.45. The molecule has 0 fully saturated rings. The van der Waals surface area contributed by atoms with Crippen molar-refractivity contribution in [3.63, 3.8) is 0 Å². The number of hydrogen-bond acceptors (Lipinski definition) is 3. The number of benzene rings is 2. The maximum atomic E-state index is 12.2. The molecule has 2 aromatic rings. The van der Waals surface area contributed by atoms with Crippen LogP contribution >= 0.6 is 12.4 Å². The molecule has 2 aromatic carbocycles. The highest BCUT2D eigenvalue weighted by atomic mass is 35.5. The molecule has 3 nitrogen and oxygen atoms in total. The maximum absolute atomic E-state index is 12.2. The number of rotatable bonds is 6. The first-order valence-electron chi connectivity index (χ1n) is 6.64. The molecule has 0 saturated heterocycles. The SMILES string of the molecule is CN(C)CCOc1ccc(C(=O)c2ccccc2)cc1.Cl. The van der Waals surface area contributed by atoms with Crippen molar-refractivity contribution in [1.82, 2.24) is 4.90 Å². The molecule has 0 spiro atoms. The third-order valence-corrected chi connectivity index (χ3v) is 2.96. The lowest BCUT2D eigenvalue weighted by Crippen LogP contribution is -2.19. The first kappa shape index (κ1) is 17.2. The molecular formula is C17H20ClNO2. The fraction of sp³-hybridized carbons (Fsp3) is 0.235. The highest BCUT2D eigenvalue weighted by Crippen LogP contribution is 2.15. The zero-order valence-corrected chi connectivity index (χ0v) is 13.1. The summed E-state index contributed by atoms with van der Waals surface area (Å²) in [6.45, 7) is 1.50. The Morgan fingerprint density at radius 3 is 2.10 bits per heavy atom. The van der Waals surface area contributed by atoms with Crippen LogP contribution < -0.4 is 4.74 Å². The lowest BCUT2D eigenvalue weighted by Gasteiger charge is -2.11. The topological polar surface area (TPSA) is 29.5 Å². The molecule has 21 heavy (non-hydrogen) atoms. The summed E-state index contributed by atoms with van der Waals surface area (Å²) in [5.41, 5.74) is 1.38. The van der Waals surface area contributed by atoms with Crippen LogP contribution in [0.5, 0.6) is 5.75 Å². The van der Waals surface area contributed by atoms with E-state index < -0.39 is 0 Å². The smallest absolute Gasteiger partial charge is 0.193 e. The Balaban J connectivity index is 0.00000220. The van der Waals surface area contributed by atoms with E-state index in [2.05, 4.69) is 4.90 Å². The molecule has 0 aliphatic carbocycles. The number of ether oxygens (including phenoxy) is 1. The molecule has 2 rings (SSSR count). The van der Waals surface area contributed by atoms with Crippen LogP contribution in [0.1, 0.15) is 15.9 Å². The van der Waals surface area contributed by atoms with Crippen LogP contribution in [0.25, 0.3) is 0 Å². The summed E-state index contributed by atoms with van der Waals surface area (Å²) in [5.74, 6) is 0.821. The van der Waals surface area contributed by atoms with Gasteiger partial charge in [0.1, 0.15) is 12.4 Å². The molecule has 4 heteroatoms. The standard InChI is InChI=1S/C17H19NO2.ClH/c1-18(2)12-13-20-16-10-8-15(9-11-16)17(19)14-6-4-3-5-7-14;/h3-11H,12-13H2,1-2H3;1H. The Bertz CT molecular complexity index is 553. The minimum atomic E-state index is 0. The van der Waals surface area contributed by atoms with Crippen molar-refractivity contribution in [2.45, 2.75) is 0 Å². The van der Waals surface area contributed by atoms with Crippen LogP contribution in [0, 0.1) is 0 Å². The van der Waals surface area contributed by atoms with Crippen LogP contribution in [0.4, 0.5) is 0 Å². The molecule has 0 aliphatic heterocycles. The Morgan fingerprint density at radius 2 is 1.52 bits per heavy atom. The second-order valence-electron chi connectivity index (χ2n) is 4.87. The summed E-state index contributed by atoms with van der Waals surface area (Å²) < 4.78 is 5.60. The van der Waals surface area contributed by atoms with Gasteiger partial charge in [-0.1, -0.05) is 30.3 Å². The van der Waals surface area contributed by atoms with Crippen molar-refractivity contribution < 1.29 is 9.53 Å². The van der Waals surface area contributed by atoms with E-state index in [4.69, 9.17) is 4.74 Å². The predicted molar refractivity (Wildman–Crippen MR) is 87.6 cm³/mol. The van der Waals surface area contributed by atoms with E-state index in [1.165, 1.54) is 0 Å². The first-order chi connectivity index (χ1) is 9.66. The molecule has 0 bridgehead atoms. The van der Waals surface area contributed by atoms with Gasteiger partial charge in [0, 0.05) is 17.7 Å². The molecule has 0 atom stereocenters. The van der Waals surface area contributed by atoms with Crippen LogP contribution in [-0.2, 0) is 0 Å². The van der Waals surface area contributed by atoms with E-state index in [9.17, 15) is 4.79 Å². The van der Waals surface area contributed by atoms with Crippen LogP contribution in [0.2, 0.25) is 0 Å². The van der Waals surface area contributed by atoms with E-state index in [0.717, 1.165) is 12.3 Å². The van der Waals surface area contributed by atoms with Gasteiger partial charge in [0.05, 0.1) is 0 Å². The van der Waals surface area contributed by atoms with Gasteiger partial charge >= 0.3 is 0 Å². The van der Waals surface area contributed by atoms with Crippen LogP contribution in [0.3, 0.4) is 0 Å². The molecule has 0 aromatic heterocycles. The molecule has 0 unspecified atom stereocenters. The minimum absolute atomic E-state index is 0. The molecule has 0 N–H and O–H groups in total. The van der Waals surface area contributed by atoms with Gasteiger partial charge in [-0.05, 0) is 38.4 Å². The molecule has 112 valence electrons. The summed E-state index contributed by atoms with van der Waals surface area (Å²) in [6.07, 6.45) is 0. The number of nitrogens with zero attached hydrogens (tertiary/aromatic N) is 1. The average Bonchev–Trinajstić information content (AvgIpc) is 2.48. The quantitative estimate of drug-likeness (QED) is 0.767. The Morgan fingerprint density at radius 1 is 0.952 bits per heavy atom. The molecule has 0 radical (unpaired) electrons. The molecule has 0 amide bonds. The van der Waals surface area contributed by atoms with Crippen molar-refractivity contribution in [1.29, 1.82) is 0 Å². The van der Waals surface area contributed by atoms with Gasteiger partial charge < -0.3 is 9.64 Å².